The minimum atomic E-state index is -3.73. The Kier molecular flexibility index (Phi) is 5.37. The average molecular weight is 450 g/mol. The average Bonchev–Trinajstić information content (AvgIpc) is 3.19. The van der Waals surface area contributed by atoms with E-state index >= 15 is 0 Å². The van der Waals surface area contributed by atoms with Gasteiger partial charge in [0.15, 0.2) is 0 Å². The van der Waals surface area contributed by atoms with Crippen molar-refractivity contribution in [2.24, 2.45) is 0 Å². The molecular formula is C22H18N4O5S. The lowest BCUT2D eigenvalue weighted by atomic mass is 10.2. The zero-order valence-electron chi connectivity index (χ0n) is 16.8. The van der Waals surface area contributed by atoms with Crippen LogP contribution in [0.2, 0.25) is 0 Å². The van der Waals surface area contributed by atoms with Crippen LogP contribution in [0.25, 0.3) is 10.9 Å². The van der Waals surface area contributed by atoms with Crippen molar-refractivity contribution >= 4 is 43.9 Å². The third-order valence-corrected chi connectivity index (χ3v) is 6.20. The maximum Gasteiger partial charge on any atom is 0.293 e. The lowest BCUT2D eigenvalue weighted by molar-refractivity contribution is -0.383. The van der Waals surface area contributed by atoms with Crippen molar-refractivity contribution in [1.82, 2.24) is 4.98 Å². The largest absolute Gasteiger partial charge is 0.345 e. The normalized spacial score (nSPS) is 11.3. The number of para-hydroxylation sites is 1. The SMILES string of the molecule is Cc1ccc(S(=O)(=O)Nc2ccc(NC(=O)c3cc4cccc([N+](=O)[O-])c4[nH]3)cc2)cc1. The summed E-state index contributed by atoms with van der Waals surface area (Å²) < 4.78 is 27.5. The highest BCUT2D eigenvalue weighted by atomic mass is 32.2. The monoisotopic (exact) mass is 450 g/mol. The number of aromatic amines is 1. The van der Waals surface area contributed by atoms with Gasteiger partial charge in [0.2, 0.25) is 0 Å². The molecule has 10 heteroatoms. The van der Waals surface area contributed by atoms with Gasteiger partial charge >= 0.3 is 0 Å². The number of amides is 1. The van der Waals surface area contributed by atoms with Gasteiger partial charge in [0.1, 0.15) is 11.2 Å². The van der Waals surface area contributed by atoms with Gasteiger partial charge in [-0.2, -0.15) is 0 Å². The standard InChI is InChI=1S/C22H18N4O5S/c1-14-5-11-18(12-6-14)32(30,31)25-17-9-7-16(8-10-17)23-22(27)19-13-15-3-2-4-20(26(28)29)21(15)24-19/h2-13,24-25H,1H3,(H,23,27). The summed E-state index contributed by atoms with van der Waals surface area (Å²) >= 11 is 0. The number of nitrogens with zero attached hydrogens (tertiary/aromatic N) is 1. The van der Waals surface area contributed by atoms with E-state index in [0.717, 1.165) is 5.56 Å². The van der Waals surface area contributed by atoms with Crippen LogP contribution in [0.15, 0.2) is 77.7 Å². The molecule has 162 valence electrons. The Morgan fingerprint density at radius 3 is 2.28 bits per heavy atom. The van der Waals surface area contributed by atoms with E-state index in [9.17, 15) is 23.3 Å². The Morgan fingerprint density at radius 2 is 1.62 bits per heavy atom. The van der Waals surface area contributed by atoms with Crippen LogP contribution < -0.4 is 10.0 Å². The quantitative estimate of drug-likeness (QED) is 0.295. The molecule has 0 aliphatic carbocycles. The maximum absolute atomic E-state index is 12.6. The van der Waals surface area contributed by atoms with Crippen LogP contribution in [0.3, 0.4) is 0 Å². The van der Waals surface area contributed by atoms with Crippen molar-refractivity contribution in [2.75, 3.05) is 10.0 Å². The number of nitro benzene ring substituents is 1. The van der Waals surface area contributed by atoms with Crippen molar-refractivity contribution < 1.29 is 18.1 Å². The lowest BCUT2D eigenvalue weighted by Crippen LogP contribution is -2.14. The van der Waals surface area contributed by atoms with Crippen LogP contribution in [0.4, 0.5) is 17.1 Å². The summed E-state index contributed by atoms with van der Waals surface area (Å²) in [6, 6.07) is 18.7. The van der Waals surface area contributed by atoms with Crippen molar-refractivity contribution in [2.45, 2.75) is 11.8 Å². The molecule has 1 aromatic heterocycles. The van der Waals surface area contributed by atoms with Crippen molar-refractivity contribution in [1.29, 1.82) is 0 Å². The number of benzene rings is 3. The number of carbonyl (C=O) groups excluding carboxylic acids is 1. The van der Waals surface area contributed by atoms with E-state index in [1.807, 2.05) is 6.92 Å². The first-order chi connectivity index (χ1) is 15.2. The molecule has 4 aromatic rings. The van der Waals surface area contributed by atoms with Crippen LogP contribution in [0.1, 0.15) is 16.1 Å². The predicted octanol–water partition coefficient (Wildman–Crippen LogP) is 4.44. The first-order valence-electron chi connectivity index (χ1n) is 9.50. The molecule has 0 atom stereocenters. The maximum atomic E-state index is 12.6. The molecule has 0 unspecified atom stereocenters. The van der Waals surface area contributed by atoms with E-state index in [0.29, 0.717) is 16.8 Å². The molecule has 0 radical (unpaired) electrons. The number of rotatable bonds is 6. The first-order valence-corrected chi connectivity index (χ1v) is 11.0. The van der Waals surface area contributed by atoms with E-state index in [-0.39, 0.29) is 21.8 Å². The Balaban J connectivity index is 1.48. The molecule has 0 fully saturated rings. The molecule has 3 aromatic carbocycles. The number of hydrogen-bond acceptors (Lipinski definition) is 5. The second-order valence-corrected chi connectivity index (χ2v) is 8.81. The molecule has 0 saturated carbocycles. The summed E-state index contributed by atoms with van der Waals surface area (Å²) in [4.78, 5) is 26.1. The number of nitrogens with one attached hydrogen (secondary N) is 3. The highest BCUT2D eigenvalue weighted by Crippen LogP contribution is 2.26. The van der Waals surface area contributed by atoms with Crippen LogP contribution in [-0.2, 0) is 10.0 Å². The molecule has 0 spiro atoms. The number of fused-ring (bicyclic) bond motifs is 1. The fraction of sp³-hybridized carbons (Fsp3) is 0.0455. The molecule has 1 heterocycles. The van der Waals surface area contributed by atoms with E-state index in [1.54, 1.807) is 36.4 Å². The minimum absolute atomic E-state index is 0.119. The number of aromatic nitrogens is 1. The predicted molar refractivity (Wildman–Crippen MR) is 121 cm³/mol. The zero-order valence-corrected chi connectivity index (χ0v) is 17.6. The number of sulfonamides is 1. The van der Waals surface area contributed by atoms with Crippen molar-refractivity contribution in [3.05, 3.63) is 94.2 Å². The van der Waals surface area contributed by atoms with E-state index < -0.39 is 20.9 Å². The van der Waals surface area contributed by atoms with Crippen LogP contribution in [0, 0.1) is 17.0 Å². The molecule has 0 aliphatic rings. The summed E-state index contributed by atoms with van der Waals surface area (Å²) in [7, 11) is -3.73. The molecule has 3 N–H and O–H groups in total. The number of non-ortho nitro benzene ring substituents is 1. The van der Waals surface area contributed by atoms with Crippen LogP contribution in [0.5, 0.6) is 0 Å². The molecule has 9 nitrogen and oxygen atoms in total. The molecular weight excluding hydrogens is 432 g/mol. The number of hydrogen-bond donors (Lipinski definition) is 3. The number of nitro groups is 1. The summed E-state index contributed by atoms with van der Waals surface area (Å²) in [6.45, 7) is 1.87. The van der Waals surface area contributed by atoms with Gasteiger partial charge in [0, 0.05) is 22.8 Å². The fourth-order valence-electron chi connectivity index (χ4n) is 3.17. The van der Waals surface area contributed by atoms with Crippen molar-refractivity contribution in [3.8, 4) is 0 Å². The summed E-state index contributed by atoms with van der Waals surface area (Å²) in [5.41, 5.74) is 2.04. The third kappa shape index (κ3) is 4.30. The molecule has 4 rings (SSSR count). The van der Waals surface area contributed by atoms with Gasteiger partial charge in [-0.05, 0) is 49.4 Å². The van der Waals surface area contributed by atoms with Gasteiger partial charge in [-0.1, -0.05) is 29.8 Å². The second kappa shape index (κ2) is 8.16. The summed E-state index contributed by atoms with van der Waals surface area (Å²) in [6.07, 6.45) is 0. The number of anilines is 2. The third-order valence-electron chi connectivity index (χ3n) is 4.80. The first kappa shape index (κ1) is 21.1. The number of H-pyrrole nitrogens is 1. The topological polar surface area (TPSA) is 134 Å². The van der Waals surface area contributed by atoms with E-state index in [1.165, 1.54) is 36.4 Å². The minimum Gasteiger partial charge on any atom is -0.345 e. The Morgan fingerprint density at radius 1 is 0.969 bits per heavy atom. The Labute approximate surface area is 183 Å². The van der Waals surface area contributed by atoms with Gasteiger partial charge < -0.3 is 10.3 Å². The Hall–Kier alpha value is -4.18. The second-order valence-electron chi connectivity index (χ2n) is 7.13. The van der Waals surface area contributed by atoms with Crippen LogP contribution >= 0.6 is 0 Å². The lowest BCUT2D eigenvalue weighted by Gasteiger charge is -2.09. The van der Waals surface area contributed by atoms with Gasteiger partial charge in [0.05, 0.1) is 9.82 Å². The smallest absolute Gasteiger partial charge is 0.293 e. The van der Waals surface area contributed by atoms with Gasteiger partial charge in [-0.15, -0.1) is 0 Å². The fourth-order valence-corrected chi connectivity index (χ4v) is 4.22. The van der Waals surface area contributed by atoms with Crippen molar-refractivity contribution in [3.63, 3.8) is 0 Å². The molecule has 0 bridgehead atoms. The molecule has 1 amide bonds. The Bertz CT molecular complexity index is 1430. The molecule has 0 saturated heterocycles. The highest BCUT2D eigenvalue weighted by Gasteiger charge is 2.17. The van der Waals surface area contributed by atoms with E-state index in [4.69, 9.17) is 0 Å². The highest BCUT2D eigenvalue weighted by molar-refractivity contribution is 7.92. The number of aryl methyl sites for hydroxylation is 1. The van der Waals surface area contributed by atoms with Crippen LogP contribution in [-0.4, -0.2) is 24.2 Å². The summed E-state index contributed by atoms with van der Waals surface area (Å²) in [5.74, 6) is -0.483. The van der Waals surface area contributed by atoms with Gasteiger partial charge in [-0.3, -0.25) is 19.6 Å². The van der Waals surface area contributed by atoms with Gasteiger partial charge in [0.25, 0.3) is 21.6 Å². The van der Waals surface area contributed by atoms with E-state index in [2.05, 4.69) is 15.0 Å². The number of carbonyl (C=O) groups is 1. The molecule has 0 aliphatic heterocycles. The zero-order chi connectivity index (χ0) is 22.9. The molecule has 32 heavy (non-hydrogen) atoms. The summed E-state index contributed by atoms with van der Waals surface area (Å²) in [5, 5.41) is 14.4. The van der Waals surface area contributed by atoms with Gasteiger partial charge in [-0.25, -0.2) is 8.42 Å².